The van der Waals surface area contributed by atoms with Crippen molar-refractivity contribution in [2.75, 3.05) is 5.32 Å². The molecule has 3 nitrogen and oxygen atoms in total. The summed E-state index contributed by atoms with van der Waals surface area (Å²) in [5.41, 5.74) is 4.08. The Morgan fingerprint density at radius 2 is 1.75 bits per heavy atom. The lowest BCUT2D eigenvalue weighted by molar-refractivity contribution is -0.274. The normalized spacial score (nSPS) is 12.4. The first-order valence-corrected chi connectivity index (χ1v) is 9.57. The minimum Gasteiger partial charge on any atom is -0.406 e. The van der Waals surface area contributed by atoms with Gasteiger partial charge in [0.2, 0.25) is 0 Å². The number of allylic oxidation sites excluding steroid dienone is 2. The highest BCUT2D eigenvalue weighted by Gasteiger charge is 2.31. The number of halogens is 3. The van der Waals surface area contributed by atoms with Crippen LogP contribution in [0.25, 0.3) is 5.57 Å². The summed E-state index contributed by atoms with van der Waals surface area (Å²) in [6, 6.07) is 7.65. The van der Waals surface area contributed by atoms with Gasteiger partial charge in [0.15, 0.2) is 0 Å². The smallest absolute Gasteiger partial charge is 0.406 e. The molecule has 0 radical (unpaired) electrons. The molecule has 6 heteroatoms. The number of benzene rings is 1. The van der Waals surface area contributed by atoms with Crippen molar-refractivity contribution in [2.24, 2.45) is 5.92 Å². The van der Waals surface area contributed by atoms with E-state index in [1.54, 1.807) is 18.3 Å². The first kappa shape index (κ1) is 21.8. The predicted molar refractivity (Wildman–Crippen MR) is 108 cm³/mol. The van der Waals surface area contributed by atoms with Gasteiger partial charge in [-0.1, -0.05) is 26.8 Å². The van der Waals surface area contributed by atoms with Gasteiger partial charge in [-0.2, -0.15) is 0 Å². The number of nitrogens with zero attached hydrogens (tertiary/aromatic N) is 1. The number of aromatic nitrogens is 1. The summed E-state index contributed by atoms with van der Waals surface area (Å²) in [4.78, 5) is 4.51. The summed E-state index contributed by atoms with van der Waals surface area (Å²) in [6.07, 6.45) is 2.25. The van der Waals surface area contributed by atoms with Gasteiger partial charge in [0.05, 0.1) is 0 Å². The van der Waals surface area contributed by atoms with Gasteiger partial charge >= 0.3 is 6.36 Å². The van der Waals surface area contributed by atoms with Crippen LogP contribution in [0.1, 0.15) is 51.2 Å². The molecule has 28 heavy (non-hydrogen) atoms. The second-order valence-electron chi connectivity index (χ2n) is 6.63. The van der Waals surface area contributed by atoms with E-state index >= 15 is 0 Å². The minimum atomic E-state index is -4.70. The van der Waals surface area contributed by atoms with Crippen molar-refractivity contribution in [3.05, 3.63) is 53.7 Å². The first-order chi connectivity index (χ1) is 13.3. The van der Waals surface area contributed by atoms with Crippen molar-refractivity contribution in [3.63, 3.8) is 0 Å². The van der Waals surface area contributed by atoms with Crippen LogP contribution in [0.5, 0.6) is 5.75 Å². The quantitative estimate of drug-likeness (QED) is 0.513. The molecule has 0 aliphatic carbocycles. The van der Waals surface area contributed by atoms with E-state index in [9.17, 15) is 13.2 Å². The maximum absolute atomic E-state index is 12.3. The maximum atomic E-state index is 12.3. The topological polar surface area (TPSA) is 34.2 Å². The van der Waals surface area contributed by atoms with Crippen LogP contribution in [0, 0.1) is 12.8 Å². The average molecular weight is 392 g/mol. The highest BCUT2D eigenvalue weighted by molar-refractivity contribution is 5.80. The predicted octanol–water partition coefficient (Wildman–Crippen LogP) is 7.26. The highest BCUT2D eigenvalue weighted by atomic mass is 19.4. The van der Waals surface area contributed by atoms with E-state index in [0.29, 0.717) is 17.4 Å². The van der Waals surface area contributed by atoms with Gasteiger partial charge in [-0.3, -0.25) is 0 Å². The molecule has 0 saturated heterocycles. The van der Waals surface area contributed by atoms with Crippen LogP contribution >= 0.6 is 0 Å². The van der Waals surface area contributed by atoms with Crippen LogP contribution in [-0.4, -0.2) is 11.3 Å². The summed E-state index contributed by atoms with van der Waals surface area (Å²) in [7, 11) is 0. The number of anilines is 2. The number of pyridine rings is 1. The molecule has 0 fully saturated rings. The fourth-order valence-electron chi connectivity index (χ4n) is 3.32. The Morgan fingerprint density at radius 1 is 1.11 bits per heavy atom. The Labute approximate surface area is 164 Å². The highest BCUT2D eigenvalue weighted by Crippen LogP contribution is 2.36. The van der Waals surface area contributed by atoms with Crippen molar-refractivity contribution in [1.29, 1.82) is 0 Å². The second-order valence-corrected chi connectivity index (χ2v) is 6.63. The summed E-state index contributed by atoms with van der Waals surface area (Å²) in [6.45, 7) is 8.51. The van der Waals surface area contributed by atoms with E-state index in [-0.39, 0.29) is 5.75 Å². The lowest BCUT2D eigenvalue weighted by atomic mass is 9.86. The largest absolute Gasteiger partial charge is 0.573 e. The Bertz CT molecular complexity index is 794. The third-order valence-corrected chi connectivity index (χ3v) is 4.65. The summed E-state index contributed by atoms with van der Waals surface area (Å²) in [5, 5.41) is 3.26. The molecule has 0 aliphatic rings. The Kier molecular flexibility index (Phi) is 7.49. The molecule has 1 aromatic heterocycles. The number of alkyl halides is 3. The van der Waals surface area contributed by atoms with Gasteiger partial charge in [0, 0.05) is 17.4 Å². The molecule has 0 unspecified atom stereocenters. The second kappa shape index (κ2) is 9.62. The molecular weight excluding hydrogens is 365 g/mol. The number of ether oxygens (including phenoxy) is 1. The monoisotopic (exact) mass is 392 g/mol. The Balaban J connectivity index is 2.37. The zero-order chi connectivity index (χ0) is 20.7. The zero-order valence-corrected chi connectivity index (χ0v) is 16.7. The molecule has 0 atom stereocenters. The van der Waals surface area contributed by atoms with E-state index < -0.39 is 6.36 Å². The third-order valence-electron chi connectivity index (χ3n) is 4.65. The fourth-order valence-corrected chi connectivity index (χ4v) is 3.32. The van der Waals surface area contributed by atoms with Crippen molar-refractivity contribution in [3.8, 4) is 5.75 Å². The van der Waals surface area contributed by atoms with Gasteiger partial charge < -0.3 is 10.1 Å². The van der Waals surface area contributed by atoms with Gasteiger partial charge in [-0.05, 0) is 73.6 Å². The van der Waals surface area contributed by atoms with E-state index in [1.165, 1.54) is 17.7 Å². The molecule has 2 aromatic rings. The first-order valence-electron chi connectivity index (χ1n) is 9.57. The number of nitrogens with one attached hydrogen (secondary N) is 1. The third kappa shape index (κ3) is 5.75. The van der Waals surface area contributed by atoms with Crippen molar-refractivity contribution >= 4 is 17.1 Å². The minimum absolute atomic E-state index is 0.251. The summed E-state index contributed by atoms with van der Waals surface area (Å²) in [5.74, 6) is 0.876. The molecule has 0 aliphatic heterocycles. The van der Waals surface area contributed by atoms with Crippen LogP contribution in [0.15, 0.2) is 42.6 Å². The van der Waals surface area contributed by atoms with E-state index in [0.717, 1.165) is 30.4 Å². The van der Waals surface area contributed by atoms with Gasteiger partial charge in [-0.15, -0.1) is 13.2 Å². The van der Waals surface area contributed by atoms with Gasteiger partial charge in [0.1, 0.15) is 11.6 Å². The number of aryl methyl sites for hydroxylation is 1. The van der Waals surface area contributed by atoms with E-state index in [1.807, 2.05) is 13.0 Å². The standard InChI is InChI=1S/C22H27F3N2O/c1-5-8-19(16(6-2)7-3)20-15(4)13-14-26-21(20)27-17-9-11-18(12-10-17)28-22(23,24)25/h8-14,16H,5-7H2,1-4H3,(H,26,27)/b19-8+. The molecule has 0 bridgehead atoms. The fraction of sp³-hybridized carbons (Fsp3) is 0.409. The molecule has 2 rings (SSSR count). The molecule has 0 spiro atoms. The maximum Gasteiger partial charge on any atom is 0.573 e. The van der Waals surface area contributed by atoms with E-state index in [2.05, 4.69) is 41.9 Å². The molecule has 0 saturated carbocycles. The summed E-state index contributed by atoms with van der Waals surface area (Å²) >= 11 is 0. The van der Waals surface area contributed by atoms with Crippen LogP contribution < -0.4 is 10.1 Å². The lowest BCUT2D eigenvalue weighted by Gasteiger charge is -2.22. The SMILES string of the molecule is CC/C=C(/c1c(C)ccnc1Nc1ccc(OC(F)(F)F)cc1)C(CC)CC. The number of rotatable bonds is 8. The molecule has 1 N–H and O–H groups in total. The van der Waals surface area contributed by atoms with Crippen molar-refractivity contribution in [2.45, 2.75) is 53.3 Å². The molecule has 1 heterocycles. The van der Waals surface area contributed by atoms with Crippen LogP contribution in [0.4, 0.5) is 24.7 Å². The lowest BCUT2D eigenvalue weighted by Crippen LogP contribution is -2.17. The van der Waals surface area contributed by atoms with Crippen molar-refractivity contribution < 1.29 is 17.9 Å². The Hall–Kier alpha value is -2.50. The molecule has 0 amide bonds. The van der Waals surface area contributed by atoms with Crippen LogP contribution in [0.2, 0.25) is 0 Å². The molecule has 152 valence electrons. The zero-order valence-electron chi connectivity index (χ0n) is 16.7. The Morgan fingerprint density at radius 3 is 2.29 bits per heavy atom. The molecular formula is C22H27F3N2O. The van der Waals surface area contributed by atoms with Crippen LogP contribution in [-0.2, 0) is 0 Å². The van der Waals surface area contributed by atoms with Gasteiger partial charge in [0.25, 0.3) is 0 Å². The average Bonchev–Trinajstić information content (AvgIpc) is 2.63. The summed E-state index contributed by atoms with van der Waals surface area (Å²) < 4.78 is 40.9. The van der Waals surface area contributed by atoms with Gasteiger partial charge in [-0.25, -0.2) is 4.98 Å². The van der Waals surface area contributed by atoms with E-state index in [4.69, 9.17) is 0 Å². The number of hydrogen-bond acceptors (Lipinski definition) is 3. The van der Waals surface area contributed by atoms with Crippen molar-refractivity contribution in [1.82, 2.24) is 4.98 Å². The van der Waals surface area contributed by atoms with Crippen LogP contribution in [0.3, 0.4) is 0 Å². The number of hydrogen-bond donors (Lipinski definition) is 1. The molecule has 1 aromatic carbocycles.